The standard InChI is InChI=1S/C27H31N5O5S/c1-15-6-11-20(16(2)13-15)32(27(35)24-21(28)22(25(29)33)31-38-24)23(17-7-9-18(36-3)10-8-17)26(34)30-14-19-5-4-12-37-19/h6-11,13,19,23H,4-5,12,14,28H2,1-3H3,(H2,29,33)(H,30,34)/t19-,23-/m1/s1. The molecule has 1 aliphatic rings. The molecule has 1 fully saturated rings. The Hall–Kier alpha value is -3.96. The van der Waals surface area contributed by atoms with Crippen LogP contribution in [0.4, 0.5) is 11.4 Å². The molecular formula is C27H31N5O5S. The number of aromatic nitrogens is 1. The molecule has 0 radical (unpaired) electrons. The van der Waals surface area contributed by atoms with Gasteiger partial charge in [-0.25, -0.2) is 0 Å². The van der Waals surface area contributed by atoms with Crippen molar-refractivity contribution in [1.29, 1.82) is 0 Å². The average Bonchev–Trinajstić information content (AvgIpc) is 3.56. The minimum Gasteiger partial charge on any atom is -0.497 e. The molecule has 1 aliphatic heterocycles. The van der Waals surface area contributed by atoms with E-state index < -0.39 is 23.8 Å². The normalized spacial score (nSPS) is 15.6. The molecule has 0 spiro atoms. The largest absolute Gasteiger partial charge is 0.497 e. The third kappa shape index (κ3) is 5.63. The summed E-state index contributed by atoms with van der Waals surface area (Å²) < 4.78 is 15.0. The zero-order chi connectivity index (χ0) is 27.4. The van der Waals surface area contributed by atoms with Crippen LogP contribution in [0.15, 0.2) is 42.5 Å². The lowest BCUT2D eigenvalue weighted by molar-refractivity contribution is -0.123. The maximum Gasteiger partial charge on any atom is 0.273 e. The number of rotatable bonds is 9. The van der Waals surface area contributed by atoms with Crippen LogP contribution in [-0.4, -0.2) is 48.5 Å². The fourth-order valence-electron chi connectivity index (χ4n) is 4.50. The molecule has 0 bridgehead atoms. The quantitative estimate of drug-likeness (QED) is 0.379. The number of amides is 3. The number of carbonyl (C=O) groups excluding carboxylic acids is 3. The first kappa shape index (κ1) is 27.1. The molecule has 11 heteroatoms. The van der Waals surface area contributed by atoms with Gasteiger partial charge in [-0.2, -0.15) is 4.37 Å². The molecule has 2 heterocycles. The lowest BCUT2D eigenvalue weighted by atomic mass is 10.00. The molecule has 3 amide bonds. The number of nitrogens with zero attached hydrogens (tertiary/aromatic N) is 2. The molecule has 0 aliphatic carbocycles. The van der Waals surface area contributed by atoms with Gasteiger partial charge in [0.25, 0.3) is 11.8 Å². The molecule has 4 rings (SSSR count). The highest BCUT2D eigenvalue weighted by Crippen LogP contribution is 2.35. The summed E-state index contributed by atoms with van der Waals surface area (Å²) >= 11 is 0.770. The number of nitrogens with one attached hydrogen (secondary N) is 1. The van der Waals surface area contributed by atoms with Crippen molar-refractivity contribution in [3.63, 3.8) is 0 Å². The van der Waals surface area contributed by atoms with Crippen LogP contribution >= 0.6 is 11.5 Å². The lowest BCUT2D eigenvalue weighted by Gasteiger charge is -2.32. The number of anilines is 2. The van der Waals surface area contributed by atoms with E-state index in [1.807, 2.05) is 26.0 Å². The smallest absolute Gasteiger partial charge is 0.273 e. The summed E-state index contributed by atoms with van der Waals surface area (Å²) in [7, 11) is 1.55. The highest BCUT2D eigenvalue weighted by molar-refractivity contribution is 7.09. The van der Waals surface area contributed by atoms with Gasteiger partial charge in [0.2, 0.25) is 5.91 Å². The minimum absolute atomic E-state index is 0.0178. The minimum atomic E-state index is -1.07. The van der Waals surface area contributed by atoms with Gasteiger partial charge in [0.1, 0.15) is 16.7 Å². The molecule has 1 saturated heterocycles. The number of hydrogen-bond donors (Lipinski definition) is 3. The number of methoxy groups -OCH3 is 1. The molecular weight excluding hydrogens is 506 g/mol. The molecule has 10 nitrogen and oxygen atoms in total. The first-order valence-electron chi connectivity index (χ1n) is 12.2. The third-order valence-corrected chi connectivity index (χ3v) is 7.30. The van der Waals surface area contributed by atoms with Gasteiger partial charge in [-0.1, -0.05) is 29.8 Å². The van der Waals surface area contributed by atoms with E-state index in [9.17, 15) is 14.4 Å². The Morgan fingerprint density at radius 1 is 1.21 bits per heavy atom. The SMILES string of the molecule is COc1ccc([C@H](C(=O)NC[C@H]2CCCO2)N(C(=O)c2snc(C(N)=O)c2N)c2ccc(C)cc2C)cc1. The van der Waals surface area contributed by atoms with Crippen molar-refractivity contribution in [3.05, 3.63) is 69.7 Å². The van der Waals surface area contributed by atoms with E-state index in [0.717, 1.165) is 35.5 Å². The molecule has 200 valence electrons. The van der Waals surface area contributed by atoms with Crippen LogP contribution in [-0.2, 0) is 9.53 Å². The first-order valence-corrected chi connectivity index (χ1v) is 13.0. The van der Waals surface area contributed by atoms with E-state index >= 15 is 0 Å². The van der Waals surface area contributed by atoms with Crippen LogP contribution in [0, 0.1) is 13.8 Å². The monoisotopic (exact) mass is 537 g/mol. The van der Waals surface area contributed by atoms with Gasteiger partial charge in [0, 0.05) is 18.8 Å². The molecule has 5 N–H and O–H groups in total. The second-order valence-electron chi connectivity index (χ2n) is 9.16. The topological polar surface area (TPSA) is 150 Å². The Labute approximate surface area is 225 Å². The maximum absolute atomic E-state index is 14.2. The van der Waals surface area contributed by atoms with Crippen molar-refractivity contribution in [2.75, 3.05) is 30.9 Å². The second kappa shape index (κ2) is 11.6. The Morgan fingerprint density at radius 3 is 2.53 bits per heavy atom. The summed E-state index contributed by atoms with van der Waals surface area (Å²) in [6.45, 7) is 4.78. The summed E-state index contributed by atoms with van der Waals surface area (Å²) in [5.41, 5.74) is 14.1. The van der Waals surface area contributed by atoms with Crippen LogP contribution in [0.1, 0.15) is 55.7 Å². The van der Waals surface area contributed by atoms with E-state index in [0.29, 0.717) is 30.2 Å². The zero-order valence-corrected chi connectivity index (χ0v) is 22.3. The van der Waals surface area contributed by atoms with Gasteiger partial charge < -0.3 is 26.3 Å². The predicted octanol–water partition coefficient (Wildman–Crippen LogP) is 3.13. The van der Waals surface area contributed by atoms with Crippen molar-refractivity contribution in [2.45, 2.75) is 38.8 Å². The fraction of sp³-hybridized carbons (Fsp3) is 0.333. The summed E-state index contributed by atoms with van der Waals surface area (Å²) in [5, 5.41) is 2.97. The van der Waals surface area contributed by atoms with Crippen molar-refractivity contribution >= 4 is 40.6 Å². The second-order valence-corrected chi connectivity index (χ2v) is 9.93. The van der Waals surface area contributed by atoms with E-state index in [2.05, 4.69) is 9.69 Å². The number of benzene rings is 2. The molecule has 38 heavy (non-hydrogen) atoms. The number of nitrogen functional groups attached to an aromatic ring is 1. The van der Waals surface area contributed by atoms with Gasteiger partial charge in [-0.15, -0.1) is 0 Å². The van der Waals surface area contributed by atoms with E-state index in [1.165, 1.54) is 4.90 Å². The molecule has 0 saturated carbocycles. The average molecular weight is 538 g/mol. The highest BCUT2D eigenvalue weighted by atomic mass is 32.1. The predicted molar refractivity (Wildman–Crippen MR) is 145 cm³/mol. The van der Waals surface area contributed by atoms with Gasteiger partial charge in [-0.05, 0) is 67.5 Å². The summed E-state index contributed by atoms with van der Waals surface area (Å²) in [4.78, 5) is 41.3. The van der Waals surface area contributed by atoms with Crippen LogP contribution in [0.3, 0.4) is 0 Å². The van der Waals surface area contributed by atoms with Crippen LogP contribution < -0.4 is 26.4 Å². The van der Waals surface area contributed by atoms with Gasteiger partial charge in [0.15, 0.2) is 5.69 Å². The maximum atomic E-state index is 14.2. The lowest BCUT2D eigenvalue weighted by Crippen LogP contribution is -2.46. The Bertz CT molecular complexity index is 1330. The van der Waals surface area contributed by atoms with Crippen LogP contribution in [0.25, 0.3) is 0 Å². The number of hydrogen-bond acceptors (Lipinski definition) is 8. The first-order chi connectivity index (χ1) is 18.2. The van der Waals surface area contributed by atoms with E-state index in [1.54, 1.807) is 37.4 Å². The Kier molecular flexibility index (Phi) is 8.28. The summed E-state index contributed by atoms with van der Waals surface area (Å²) in [6, 6.07) is 11.4. The Morgan fingerprint density at radius 2 is 1.95 bits per heavy atom. The number of nitrogens with two attached hydrogens (primary N) is 2. The third-order valence-electron chi connectivity index (χ3n) is 6.45. The number of ether oxygens (including phenoxy) is 2. The molecule has 3 aromatic rings. The highest BCUT2D eigenvalue weighted by Gasteiger charge is 2.37. The van der Waals surface area contributed by atoms with Crippen molar-refractivity contribution in [2.24, 2.45) is 5.73 Å². The summed E-state index contributed by atoms with van der Waals surface area (Å²) in [6.07, 6.45) is 1.69. The van der Waals surface area contributed by atoms with E-state index in [-0.39, 0.29) is 22.4 Å². The van der Waals surface area contributed by atoms with Gasteiger partial charge in [-0.3, -0.25) is 19.3 Å². The molecule has 0 unspecified atom stereocenters. The van der Waals surface area contributed by atoms with Gasteiger partial charge in [0.05, 0.1) is 18.9 Å². The molecule has 2 atom stereocenters. The zero-order valence-electron chi connectivity index (χ0n) is 21.5. The van der Waals surface area contributed by atoms with Crippen LogP contribution in [0.5, 0.6) is 5.75 Å². The number of primary amides is 1. The fourth-order valence-corrected chi connectivity index (χ4v) is 5.24. The van der Waals surface area contributed by atoms with E-state index in [4.69, 9.17) is 20.9 Å². The van der Waals surface area contributed by atoms with Crippen LogP contribution in [0.2, 0.25) is 0 Å². The van der Waals surface area contributed by atoms with Crippen molar-refractivity contribution in [3.8, 4) is 5.75 Å². The molecule has 2 aromatic carbocycles. The van der Waals surface area contributed by atoms with Gasteiger partial charge >= 0.3 is 0 Å². The summed E-state index contributed by atoms with van der Waals surface area (Å²) in [5.74, 6) is -1.20. The Balaban J connectivity index is 1.84. The number of aryl methyl sites for hydroxylation is 2. The van der Waals surface area contributed by atoms with Crippen molar-refractivity contribution < 1.29 is 23.9 Å². The molecule has 1 aromatic heterocycles. The number of carbonyl (C=O) groups is 3. The van der Waals surface area contributed by atoms with Crippen molar-refractivity contribution in [1.82, 2.24) is 9.69 Å².